The monoisotopic (exact) mass is 452 g/mol. The lowest BCUT2D eigenvalue weighted by molar-refractivity contribution is -0.140. The van der Waals surface area contributed by atoms with Gasteiger partial charge < -0.3 is 26.2 Å². The summed E-state index contributed by atoms with van der Waals surface area (Å²) in [7, 11) is 0. The van der Waals surface area contributed by atoms with Crippen molar-refractivity contribution in [3.8, 4) is 11.8 Å². The van der Waals surface area contributed by atoms with Crippen LogP contribution in [0.2, 0.25) is 0 Å². The Bertz CT molecular complexity index is 1310. The molecule has 0 aliphatic heterocycles. The number of H-pyrrole nitrogens is 2. The first-order valence-corrected chi connectivity index (χ1v) is 9.80. The second-order valence-corrected chi connectivity index (χ2v) is 7.04. The van der Waals surface area contributed by atoms with Crippen molar-refractivity contribution >= 4 is 34.8 Å². The molecule has 12 nitrogen and oxygen atoms in total. The zero-order valence-electron chi connectivity index (χ0n) is 17.2. The molecule has 170 valence electrons. The molecule has 0 aromatic carbocycles. The fourth-order valence-corrected chi connectivity index (χ4v) is 2.95. The average Bonchev–Trinajstić information content (AvgIpc) is 3.17. The second-order valence-electron chi connectivity index (χ2n) is 7.04. The highest BCUT2D eigenvalue weighted by Crippen LogP contribution is 2.11. The molecule has 7 N–H and O–H groups in total. The Hall–Kier alpha value is -4.66. The lowest BCUT2D eigenvalue weighted by Gasteiger charge is -2.13. The number of carbonyl (C=O) groups excluding carboxylic acids is 1. The lowest BCUT2D eigenvalue weighted by atomic mass is 10.1. The van der Waals surface area contributed by atoms with E-state index >= 15 is 0 Å². The number of aliphatic carboxylic acids is 2. The smallest absolute Gasteiger partial charge is 0.326 e. The number of pyridine rings is 1. The van der Waals surface area contributed by atoms with E-state index in [1.165, 1.54) is 12.3 Å². The Labute approximate surface area is 186 Å². The molecule has 12 heteroatoms. The maximum Gasteiger partial charge on any atom is 0.326 e. The maximum absolute atomic E-state index is 12.2. The number of carboxylic acids is 2. The van der Waals surface area contributed by atoms with Crippen LogP contribution < -0.4 is 16.6 Å². The molecule has 3 aromatic rings. The summed E-state index contributed by atoms with van der Waals surface area (Å²) in [4.78, 5) is 59.3. The van der Waals surface area contributed by atoms with Crippen molar-refractivity contribution < 1.29 is 24.6 Å². The summed E-state index contributed by atoms with van der Waals surface area (Å²) in [5, 5.41) is 20.5. The van der Waals surface area contributed by atoms with Crippen LogP contribution in [0.5, 0.6) is 0 Å². The summed E-state index contributed by atoms with van der Waals surface area (Å²) in [6.07, 6.45) is 1.77. The van der Waals surface area contributed by atoms with Crippen molar-refractivity contribution in [3.05, 3.63) is 51.7 Å². The molecule has 1 amide bonds. The first kappa shape index (κ1) is 23.0. The zero-order valence-corrected chi connectivity index (χ0v) is 17.2. The number of rotatable bonds is 8. The van der Waals surface area contributed by atoms with Gasteiger partial charge in [-0.2, -0.15) is 4.98 Å². The molecule has 33 heavy (non-hydrogen) atoms. The number of fused-ring (bicyclic) bond motifs is 1. The van der Waals surface area contributed by atoms with Gasteiger partial charge in [0.2, 0.25) is 5.95 Å². The van der Waals surface area contributed by atoms with E-state index < -0.39 is 30.3 Å². The van der Waals surface area contributed by atoms with Gasteiger partial charge in [0.15, 0.2) is 0 Å². The number of aromatic nitrogens is 4. The van der Waals surface area contributed by atoms with E-state index in [4.69, 9.17) is 15.9 Å². The fraction of sp³-hybridized carbons (Fsp3) is 0.238. The predicted molar refractivity (Wildman–Crippen MR) is 116 cm³/mol. The molecule has 0 bridgehead atoms. The largest absolute Gasteiger partial charge is 0.481 e. The highest BCUT2D eigenvalue weighted by molar-refractivity contribution is 5.95. The molecule has 0 saturated heterocycles. The van der Waals surface area contributed by atoms with Crippen LogP contribution in [-0.4, -0.2) is 54.0 Å². The van der Waals surface area contributed by atoms with Crippen LogP contribution in [-0.2, 0) is 16.0 Å². The molecule has 0 fully saturated rings. The second kappa shape index (κ2) is 10.1. The Morgan fingerprint density at radius 2 is 2.00 bits per heavy atom. The number of carboxylic acid groups (broad SMARTS) is 2. The summed E-state index contributed by atoms with van der Waals surface area (Å²) in [6, 6.07) is 3.33. The molecule has 0 radical (unpaired) electrons. The van der Waals surface area contributed by atoms with E-state index in [-0.39, 0.29) is 23.6 Å². The van der Waals surface area contributed by atoms with Gasteiger partial charge in [-0.15, -0.1) is 0 Å². The summed E-state index contributed by atoms with van der Waals surface area (Å²) < 4.78 is 0. The lowest BCUT2D eigenvalue weighted by Crippen LogP contribution is -2.41. The van der Waals surface area contributed by atoms with Crippen molar-refractivity contribution in [2.75, 3.05) is 5.73 Å². The van der Waals surface area contributed by atoms with Crippen molar-refractivity contribution in [1.29, 1.82) is 0 Å². The van der Waals surface area contributed by atoms with Gasteiger partial charge in [0, 0.05) is 30.3 Å². The number of carbonyl (C=O) groups is 3. The van der Waals surface area contributed by atoms with Gasteiger partial charge in [-0.1, -0.05) is 11.8 Å². The van der Waals surface area contributed by atoms with Crippen LogP contribution in [0, 0.1) is 11.8 Å². The maximum atomic E-state index is 12.2. The van der Waals surface area contributed by atoms with Crippen LogP contribution >= 0.6 is 0 Å². The number of nitrogen functional groups attached to an aromatic ring is 1. The summed E-state index contributed by atoms with van der Waals surface area (Å²) in [5.41, 5.74) is 6.92. The summed E-state index contributed by atoms with van der Waals surface area (Å²) in [5.74, 6) is 2.70. The van der Waals surface area contributed by atoms with Crippen LogP contribution in [0.15, 0.2) is 29.2 Å². The highest BCUT2D eigenvalue weighted by Gasteiger charge is 2.22. The van der Waals surface area contributed by atoms with Gasteiger partial charge in [-0.05, 0) is 31.0 Å². The molecule has 0 spiro atoms. The molecule has 3 aromatic heterocycles. The minimum absolute atomic E-state index is 0.0165. The molecular formula is C21H20N6O6. The highest BCUT2D eigenvalue weighted by atomic mass is 16.4. The van der Waals surface area contributed by atoms with Crippen molar-refractivity contribution in [2.45, 2.75) is 31.7 Å². The number of hydrogen-bond donors (Lipinski definition) is 6. The third-order valence-corrected chi connectivity index (χ3v) is 4.57. The number of nitrogens with zero attached hydrogens (tertiary/aromatic N) is 2. The Morgan fingerprint density at radius 3 is 2.67 bits per heavy atom. The van der Waals surface area contributed by atoms with Gasteiger partial charge in [-0.25, -0.2) is 9.78 Å². The van der Waals surface area contributed by atoms with Crippen LogP contribution in [0.4, 0.5) is 5.95 Å². The molecule has 1 atom stereocenters. The molecular weight excluding hydrogens is 432 g/mol. The van der Waals surface area contributed by atoms with Crippen molar-refractivity contribution in [2.24, 2.45) is 0 Å². The predicted octanol–water partition coefficient (Wildman–Crippen LogP) is 0.261. The Morgan fingerprint density at radius 1 is 1.21 bits per heavy atom. The minimum atomic E-state index is -1.33. The van der Waals surface area contributed by atoms with Gasteiger partial charge in [0.05, 0.1) is 5.39 Å². The number of anilines is 1. The van der Waals surface area contributed by atoms with Crippen LogP contribution in [0.3, 0.4) is 0 Å². The quantitative estimate of drug-likeness (QED) is 0.259. The standard InChI is InChI=1S/C21H20N6O6/c22-21-26-17-13(18(30)27-21)9-12(24-17)4-2-1-3-11-5-6-14(23-10-11)19(31)25-15(20(32)33)7-8-16(28)29/h5-6,9-10,15H,2,4,7-8H2,(H,25,31)(H,28,29)(H,32,33)(H4,22,24,26,27,30). The van der Waals surface area contributed by atoms with E-state index in [0.717, 1.165) is 5.69 Å². The number of aromatic amines is 2. The van der Waals surface area contributed by atoms with E-state index in [9.17, 15) is 19.2 Å². The van der Waals surface area contributed by atoms with Gasteiger partial charge in [0.1, 0.15) is 17.4 Å². The average molecular weight is 452 g/mol. The van der Waals surface area contributed by atoms with Gasteiger partial charge >= 0.3 is 11.9 Å². The number of aryl methyl sites for hydroxylation is 1. The zero-order chi connectivity index (χ0) is 24.0. The SMILES string of the molecule is Nc1nc2[nH]c(CCC#Cc3ccc(C(=O)NC(CCC(=O)O)C(=O)O)nc3)cc2c(=O)[nH]1. The Kier molecular flexibility index (Phi) is 7.04. The molecule has 3 heterocycles. The summed E-state index contributed by atoms with van der Waals surface area (Å²) >= 11 is 0. The topological polar surface area (TPSA) is 204 Å². The van der Waals surface area contributed by atoms with Crippen molar-refractivity contribution in [3.63, 3.8) is 0 Å². The molecule has 0 saturated carbocycles. The fourth-order valence-electron chi connectivity index (χ4n) is 2.95. The number of hydrogen-bond acceptors (Lipinski definition) is 7. The molecule has 1 unspecified atom stereocenters. The van der Waals surface area contributed by atoms with E-state index in [0.29, 0.717) is 29.4 Å². The van der Waals surface area contributed by atoms with Crippen LogP contribution in [0.25, 0.3) is 11.0 Å². The summed E-state index contributed by atoms with van der Waals surface area (Å²) in [6.45, 7) is 0. The van der Waals surface area contributed by atoms with Gasteiger partial charge in [-0.3, -0.25) is 19.4 Å². The first-order chi connectivity index (χ1) is 15.7. The third kappa shape index (κ3) is 6.17. The third-order valence-electron chi connectivity index (χ3n) is 4.57. The number of amides is 1. The van der Waals surface area contributed by atoms with E-state index in [2.05, 4.69) is 37.1 Å². The van der Waals surface area contributed by atoms with Gasteiger partial charge in [0.25, 0.3) is 11.5 Å². The minimum Gasteiger partial charge on any atom is -0.481 e. The first-order valence-electron chi connectivity index (χ1n) is 9.80. The van der Waals surface area contributed by atoms with E-state index in [1.807, 2.05) is 0 Å². The number of nitrogens with two attached hydrogens (primary N) is 1. The Balaban J connectivity index is 1.57. The molecule has 0 aliphatic rings. The number of nitrogens with one attached hydrogen (secondary N) is 3. The molecule has 0 aliphatic carbocycles. The normalized spacial score (nSPS) is 11.4. The van der Waals surface area contributed by atoms with E-state index in [1.54, 1.807) is 12.1 Å². The van der Waals surface area contributed by atoms with Crippen molar-refractivity contribution in [1.82, 2.24) is 25.3 Å². The molecule has 3 rings (SSSR count). The van der Waals surface area contributed by atoms with Crippen LogP contribution in [0.1, 0.15) is 41.0 Å².